The lowest BCUT2D eigenvalue weighted by molar-refractivity contribution is -0.127. The van der Waals surface area contributed by atoms with Crippen LogP contribution in [-0.2, 0) is 14.6 Å². The summed E-state index contributed by atoms with van der Waals surface area (Å²) in [6.07, 6.45) is 4.34. The Morgan fingerprint density at radius 1 is 1.21 bits per heavy atom. The number of pyridine rings is 1. The first-order chi connectivity index (χ1) is 18.4. The molecule has 0 unspecified atom stereocenters. The Morgan fingerprint density at radius 3 is 2.59 bits per heavy atom. The van der Waals surface area contributed by atoms with Crippen LogP contribution in [0.4, 0.5) is 21.9 Å². The second kappa shape index (κ2) is 9.76. The molecule has 2 aliphatic heterocycles. The summed E-state index contributed by atoms with van der Waals surface area (Å²) in [7, 11) is -3.55. The molecule has 0 bridgehead atoms. The van der Waals surface area contributed by atoms with Gasteiger partial charge in [0.25, 0.3) is 5.91 Å². The van der Waals surface area contributed by atoms with E-state index >= 15 is 0 Å². The number of piperidine rings is 1. The van der Waals surface area contributed by atoms with Crippen molar-refractivity contribution in [3.8, 4) is 0 Å². The molecular weight excluding hydrogens is 538 g/mol. The third-order valence-corrected chi connectivity index (χ3v) is 10.5. The SMILES string of the molecule is C=CC(=O)N1CCC[C@@H](NC(=O)c2sc3nccc4c3c2NC(=O)N4c2ccc(S(=O)(=O)C(C)(C)C)cc2)C1. The molecule has 0 radical (unpaired) electrons. The maximum absolute atomic E-state index is 13.3. The van der Waals surface area contributed by atoms with Crippen LogP contribution in [0.5, 0.6) is 0 Å². The van der Waals surface area contributed by atoms with E-state index in [1.165, 1.54) is 34.4 Å². The van der Waals surface area contributed by atoms with Crippen LogP contribution in [0.2, 0.25) is 0 Å². The Morgan fingerprint density at radius 2 is 1.92 bits per heavy atom. The first kappa shape index (κ1) is 26.8. The van der Waals surface area contributed by atoms with Crippen LogP contribution in [0.15, 0.2) is 54.1 Å². The Bertz CT molecular complexity index is 1610. The van der Waals surface area contributed by atoms with Crippen molar-refractivity contribution in [3.05, 3.63) is 54.1 Å². The van der Waals surface area contributed by atoms with Crippen molar-refractivity contribution < 1.29 is 22.8 Å². The fraction of sp³-hybridized carbons (Fsp3) is 0.333. The molecule has 2 aromatic heterocycles. The molecule has 39 heavy (non-hydrogen) atoms. The summed E-state index contributed by atoms with van der Waals surface area (Å²) in [6, 6.07) is 7.16. The van der Waals surface area contributed by atoms with Gasteiger partial charge in [-0.3, -0.25) is 14.5 Å². The number of hydrogen-bond acceptors (Lipinski definition) is 7. The zero-order valence-electron chi connectivity index (χ0n) is 21.9. The van der Waals surface area contributed by atoms with E-state index < -0.39 is 20.6 Å². The topological polar surface area (TPSA) is 129 Å². The van der Waals surface area contributed by atoms with Gasteiger partial charge in [-0.25, -0.2) is 18.2 Å². The minimum atomic E-state index is -3.55. The van der Waals surface area contributed by atoms with Crippen molar-refractivity contribution in [2.75, 3.05) is 23.3 Å². The number of urea groups is 1. The van der Waals surface area contributed by atoms with Crippen LogP contribution in [0.1, 0.15) is 43.3 Å². The van der Waals surface area contributed by atoms with Crippen LogP contribution in [0, 0.1) is 0 Å². The van der Waals surface area contributed by atoms with E-state index in [4.69, 9.17) is 0 Å². The highest BCUT2D eigenvalue weighted by Gasteiger charge is 2.35. The number of sulfone groups is 1. The lowest BCUT2D eigenvalue weighted by Gasteiger charge is -2.32. The van der Waals surface area contributed by atoms with E-state index in [-0.39, 0.29) is 22.8 Å². The molecule has 10 nitrogen and oxygen atoms in total. The zero-order valence-corrected chi connectivity index (χ0v) is 23.5. The minimum absolute atomic E-state index is 0.169. The molecule has 4 heterocycles. The first-order valence-electron chi connectivity index (χ1n) is 12.5. The van der Waals surface area contributed by atoms with Gasteiger partial charge in [0.2, 0.25) is 5.91 Å². The summed E-state index contributed by atoms with van der Waals surface area (Å²) in [5, 5.41) is 6.48. The predicted molar refractivity (Wildman–Crippen MR) is 151 cm³/mol. The average Bonchev–Trinajstić information content (AvgIpc) is 3.27. The first-order valence-corrected chi connectivity index (χ1v) is 14.8. The van der Waals surface area contributed by atoms with Gasteiger partial charge in [0.15, 0.2) is 9.84 Å². The molecule has 4 amide bonds. The van der Waals surface area contributed by atoms with Gasteiger partial charge in [0.1, 0.15) is 9.71 Å². The molecule has 1 aromatic carbocycles. The van der Waals surface area contributed by atoms with E-state index in [0.29, 0.717) is 45.2 Å². The van der Waals surface area contributed by atoms with Gasteiger partial charge < -0.3 is 15.5 Å². The van der Waals surface area contributed by atoms with E-state index in [2.05, 4.69) is 22.2 Å². The number of nitrogens with zero attached hydrogens (tertiary/aromatic N) is 3. The maximum Gasteiger partial charge on any atom is 0.331 e. The molecule has 0 saturated carbocycles. The van der Waals surface area contributed by atoms with Crippen LogP contribution in [-0.4, -0.2) is 60.0 Å². The predicted octanol–water partition coefficient (Wildman–Crippen LogP) is 4.46. The van der Waals surface area contributed by atoms with Crippen molar-refractivity contribution in [2.24, 2.45) is 0 Å². The molecule has 0 aliphatic carbocycles. The third kappa shape index (κ3) is 4.67. The Labute approximate surface area is 230 Å². The Balaban J connectivity index is 1.46. The van der Waals surface area contributed by atoms with Crippen molar-refractivity contribution in [2.45, 2.75) is 49.3 Å². The fourth-order valence-corrected chi connectivity index (χ4v) is 7.03. The van der Waals surface area contributed by atoms with Crippen molar-refractivity contribution >= 4 is 66.3 Å². The summed E-state index contributed by atoms with van der Waals surface area (Å²) in [5.74, 6) is -0.515. The molecule has 0 spiro atoms. The molecule has 1 fully saturated rings. The molecule has 2 N–H and O–H groups in total. The minimum Gasteiger partial charge on any atom is -0.347 e. The summed E-state index contributed by atoms with van der Waals surface area (Å²) >= 11 is 1.18. The van der Waals surface area contributed by atoms with Crippen molar-refractivity contribution in [1.29, 1.82) is 0 Å². The molecule has 2 aliphatic rings. The fourth-order valence-electron chi connectivity index (χ4n) is 4.80. The molecule has 204 valence electrons. The van der Waals surface area contributed by atoms with E-state index in [1.807, 2.05) is 0 Å². The standard InChI is InChI=1S/C27H29N5O5S2/c1-5-20(33)31-14-6-7-16(15-31)29-24(34)23-22-21-19(12-13-28-25(21)38-23)32(26(35)30-22)17-8-10-18(11-9-17)39(36,37)27(2,3)4/h5,8-13,16H,1,6-7,14-15H2,2-4H3,(H,29,34)(H,30,35)/t16-/m1/s1. The number of thiophene rings is 1. The number of aromatic nitrogens is 1. The normalized spacial score (nSPS) is 17.6. The van der Waals surface area contributed by atoms with Crippen LogP contribution < -0.4 is 15.5 Å². The second-order valence-corrected chi connectivity index (χ2v) is 14.2. The monoisotopic (exact) mass is 567 g/mol. The van der Waals surface area contributed by atoms with E-state index in [1.54, 1.807) is 50.1 Å². The summed E-state index contributed by atoms with van der Waals surface area (Å²) in [4.78, 5) is 47.3. The van der Waals surface area contributed by atoms with Gasteiger partial charge in [-0.2, -0.15) is 0 Å². The molecule has 5 rings (SSSR count). The number of rotatable bonds is 5. The summed E-state index contributed by atoms with van der Waals surface area (Å²) in [5.41, 5.74) is 1.41. The van der Waals surface area contributed by atoms with E-state index in [0.717, 1.165) is 12.8 Å². The third-order valence-electron chi connectivity index (χ3n) is 6.91. The number of carbonyl (C=O) groups excluding carboxylic acids is 3. The summed E-state index contributed by atoms with van der Waals surface area (Å²) in [6.45, 7) is 9.46. The highest BCUT2D eigenvalue weighted by molar-refractivity contribution is 7.92. The number of hydrogen-bond donors (Lipinski definition) is 2. The van der Waals surface area contributed by atoms with Crippen LogP contribution in [0.3, 0.4) is 0 Å². The quantitative estimate of drug-likeness (QED) is 0.438. The summed E-state index contributed by atoms with van der Waals surface area (Å²) < 4.78 is 24.7. The smallest absolute Gasteiger partial charge is 0.331 e. The molecule has 1 saturated heterocycles. The largest absolute Gasteiger partial charge is 0.347 e. The highest BCUT2D eigenvalue weighted by atomic mass is 32.2. The molecule has 1 atom stereocenters. The van der Waals surface area contributed by atoms with Gasteiger partial charge in [-0.1, -0.05) is 6.58 Å². The molecule has 3 aromatic rings. The number of amides is 4. The van der Waals surface area contributed by atoms with Crippen molar-refractivity contribution in [1.82, 2.24) is 15.2 Å². The zero-order chi connectivity index (χ0) is 28.1. The van der Waals surface area contributed by atoms with Gasteiger partial charge >= 0.3 is 6.03 Å². The number of nitrogens with one attached hydrogen (secondary N) is 2. The number of likely N-dealkylation sites (tertiary alicyclic amines) is 1. The maximum atomic E-state index is 13.3. The van der Waals surface area contributed by atoms with Gasteiger partial charge in [0.05, 0.1) is 32.1 Å². The van der Waals surface area contributed by atoms with Crippen molar-refractivity contribution in [3.63, 3.8) is 0 Å². The molecule has 12 heteroatoms. The number of anilines is 3. The van der Waals surface area contributed by atoms with Gasteiger partial charge in [-0.15, -0.1) is 11.3 Å². The van der Waals surface area contributed by atoms with Crippen LogP contribution in [0.25, 0.3) is 10.2 Å². The molecular formula is C27H29N5O5S2. The van der Waals surface area contributed by atoms with E-state index in [9.17, 15) is 22.8 Å². The van der Waals surface area contributed by atoms with Gasteiger partial charge in [0, 0.05) is 25.3 Å². The lowest BCUT2D eigenvalue weighted by atomic mass is 10.1. The highest BCUT2D eigenvalue weighted by Crippen LogP contribution is 2.45. The number of carbonyl (C=O) groups is 3. The second-order valence-electron chi connectivity index (χ2n) is 10.5. The van der Waals surface area contributed by atoms with Crippen LogP contribution >= 0.6 is 11.3 Å². The average molecular weight is 568 g/mol. The van der Waals surface area contributed by atoms with Gasteiger partial charge in [-0.05, 0) is 70.0 Å². The Hall–Kier alpha value is -3.77. The number of benzene rings is 1. The lowest BCUT2D eigenvalue weighted by Crippen LogP contribution is -2.49. The Kier molecular flexibility index (Phi) is 6.71.